The number of hydrogen-bond acceptors (Lipinski definition) is 5. The van der Waals surface area contributed by atoms with Crippen LogP contribution in [0.2, 0.25) is 0 Å². The van der Waals surface area contributed by atoms with Gasteiger partial charge in [-0.2, -0.15) is 0 Å². The zero-order valence-corrected chi connectivity index (χ0v) is 15.2. The Morgan fingerprint density at radius 2 is 1.96 bits per heavy atom. The molecule has 28 heavy (non-hydrogen) atoms. The largest absolute Gasteiger partial charge is 0.339 e. The van der Waals surface area contributed by atoms with Crippen LogP contribution in [0.3, 0.4) is 0 Å². The van der Waals surface area contributed by atoms with E-state index in [0.29, 0.717) is 37.3 Å². The van der Waals surface area contributed by atoms with E-state index in [1.165, 1.54) is 18.2 Å². The van der Waals surface area contributed by atoms with Crippen molar-refractivity contribution in [2.45, 2.75) is 12.8 Å². The van der Waals surface area contributed by atoms with E-state index in [2.05, 4.69) is 10.3 Å². The summed E-state index contributed by atoms with van der Waals surface area (Å²) in [5, 5.41) is 13.6. The fraction of sp³-hybridized carbons (Fsp3) is 0.250. The van der Waals surface area contributed by atoms with E-state index < -0.39 is 4.92 Å². The third-order valence-corrected chi connectivity index (χ3v) is 4.59. The predicted molar refractivity (Wildman–Crippen MR) is 104 cm³/mol. The van der Waals surface area contributed by atoms with Crippen LogP contribution in [0.1, 0.15) is 18.4 Å². The minimum absolute atomic E-state index is 0.0191. The summed E-state index contributed by atoms with van der Waals surface area (Å²) in [5.74, 6) is 0.103. The number of benzene rings is 1. The van der Waals surface area contributed by atoms with Gasteiger partial charge in [-0.05, 0) is 36.6 Å². The van der Waals surface area contributed by atoms with Gasteiger partial charge in [0.25, 0.3) is 5.69 Å². The second kappa shape index (κ2) is 8.90. The van der Waals surface area contributed by atoms with Crippen molar-refractivity contribution in [1.29, 1.82) is 0 Å². The molecule has 2 aromatic rings. The van der Waals surface area contributed by atoms with Crippen LogP contribution in [0.4, 0.5) is 11.5 Å². The molecule has 1 N–H and O–H groups in total. The molecule has 2 heterocycles. The number of likely N-dealkylation sites (tertiary alicyclic amines) is 1. The van der Waals surface area contributed by atoms with E-state index in [-0.39, 0.29) is 23.4 Å². The molecule has 1 fully saturated rings. The molecule has 1 aliphatic rings. The van der Waals surface area contributed by atoms with Gasteiger partial charge in [-0.1, -0.05) is 18.2 Å². The Balaban J connectivity index is 1.51. The average Bonchev–Trinajstić information content (AvgIpc) is 2.73. The van der Waals surface area contributed by atoms with Gasteiger partial charge in [0, 0.05) is 43.4 Å². The number of anilines is 1. The van der Waals surface area contributed by atoms with Crippen LogP contribution in [-0.2, 0) is 9.59 Å². The van der Waals surface area contributed by atoms with Crippen molar-refractivity contribution in [2.24, 2.45) is 5.92 Å². The van der Waals surface area contributed by atoms with Crippen LogP contribution >= 0.6 is 0 Å². The average molecular weight is 380 g/mol. The number of nitrogens with one attached hydrogen (secondary N) is 1. The van der Waals surface area contributed by atoms with Crippen LogP contribution < -0.4 is 5.32 Å². The summed E-state index contributed by atoms with van der Waals surface area (Å²) < 4.78 is 0. The van der Waals surface area contributed by atoms with E-state index >= 15 is 0 Å². The Labute approximate surface area is 162 Å². The highest BCUT2D eigenvalue weighted by atomic mass is 16.6. The Kier molecular flexibility index (Phi) is 6.11. The molecule has 0 atom stereocenters. The van der Waals surface area contributed by atoms with Crippen molar-refractivity contribution >= 4 is 29.4 Å². The van der Waals surface area contributed by atoms with Crippen LogP contribution in [0.25, 0.3) is 6.08 Å². The maximum atomic E-state index is 12.4. The molecule has 0 spiro atoms. The van der Waals surface area contributed by atoms with Crippen molar-refractivity contribution in [2.75, 3.05) is 18.4 Å². The first kappa shape index (κ1) is 19.2. The standard InChI is InChI=1S/C20H20N4O4/c25-19(8-7-15-4-3-5-17(14-15)24(27)28)23-12-9-16(10-13-23)20(26)22-18-6-1-2-11-21-18/h1-8,11,14,16H,9-10,12-13H2,(H,21,22,26). The highest BCUT2D eigenvalue weighted by Gasteiger charge is 2.26. The van der Waals surface area contributed by atoms with E-state index in [9.17, 15) is 19.7 Å². The maximum absolute atomic E-state index is 12.4. The molecule has 0 unspecified atom stereocenters. The van der Waals surface area contributed by atoms with Crippen LogP contribution in [0.15, 0.2) is 54.7 Å². The number of carbonyl (C=O) groups is 2. The Morgan fingerprint density at radius 3 is 2.64 bits per heavy atom. The lowest BCUT2D eigenvalue weighted by atomic mass is 9.96. The summed E-state index contributed by atoms with van der Waals surface area (Å²) in [6, 6.07) is 11.4. The van der Waals surface area contributed by atoms with Crippen molar-refractivity contribution in [3.05, 3.63) is 70.4 Å². The Bertz CT molecular complexity index is 890. The summed E-state index contributed by atoms with van der Waals surface area (Å²) in [6.07, 6.45) is 5.75. The zero-order valence-electron chi connectivity index (χ0n) is 15.2. The second-order valence-corrected chi connectivity index (χ2v) is 6.49. The highest BCUT2D eigenvalue weighted by molar-refractivity contribution is 5.93. The quantitative estimate of drug-likeness (QED) is 0.488. The molecule has 8 nitrogen and oxygen atoms in total. The van der Waals surface area contributed by atoms with Crippen molar-refractivity contribution in [1.82, 2.24) is 9.88 Å². The number of carbonyl (C=O) groups excluding carboxylic acids is 2. The molecule has 0 radical (unpaired) electrons. The second-order valence-electron chi connectivity index (χ2n) is 6.49. The number of amides is 2. The van der Waals surface area contributed by atoms with Crippen molar-refractivity contribution in [3.63, 3.8) is 0 Å². The number of piperidine rings is 1. The van der Waals surface area contributed by atoms with E-state index in [1.54, 1.807) is 47.5 Å². The highest BCUT2D eigenvalue weighted by Crippen LogP contribution is 2.20. The summed E-state index contributed by atoms with van der Waals surface area (Å²) in [6.45, 7) is 0.969. The lowest BCUT2D eigenvalue weighted by Crippen LogP contribution is -2.40. The summed E-state index contributed by atoms with van der Waals surface area (Å²) in [5.41, 5.74) is 0.571. The van der Waals surface area contributed by atoms with Gasteiger partial charge in [0.1, 0.15) is 5.82 Å². The fourth-order valence-electron chi connectivity index (χ4n) is 3.04. The first-order valence-corrected chi connectivity index (χ1v) is 8.96. The number of pyridine rings is 1. The maximum Gasteiger partial charge on any atom is 0.270 e. The number of rotatable bonds is 5. The summed E-state index contributed by atoms with van der Waals surface area (Å²) >= 11 is 0. The molecule has 0 bridgehead atoms. The van der Waals surface area contributed by atoms with E-state index in [1.807, 2.05) is 0 Å². The van der Waals surface area contributed by atoms with E-state index in [0.717, 1.165) is 0 Å². The molecule has 3 rings (SSSR count). The van der Waals surface area contributed by atoms with Crippen LogP contribution in [0.5, 0.6) is 0 Å². The molecular formula is C20H20N4O4. The van der Waals surface area contributed by atoms with Gasteiger partial charge in [-0.25, -0.2) is 4.98 Å². The first-order chi connectivity index (χ1) is 13.5. The minimum Gasteiger partial charge on any atom is -0.339 e. The Hall–Kier alpha value is -3.55. The predicted octanol–water partition coefficient (Wildman–Crippen LogP) is 2.88. The van der Waals surface area contributed by atoms with Crippen molar-refractivity contribution in [3.8, 4) is 0 Å². The molecule has 1 saturated heterocycles. The number of aromatic nitrogens is 1. The van der Waals surface area contributed by atoms with Gasteiger partial charge >= 0.3 is 0 Å². The molecule has 2 amide bonds. The van der Waals surface area contributed by atoms with Crippen molar-refractivity contribution < 1.29 is 14.5 Å². The topological polar surface area (TPSA) is 105 Å². The minimum atomic E-state index is -0.472. The zero-order chi connectivity index (χ0) is 19.9. The molecule has 0 aliphatic carbocycles. The molecular weight excluding hydrogens is 360 g/mol. The molecule has 144 valence electrons. The van der Waals surface area contributed by atoms with E-state index in [4.69, 9.17) is 0 Å². The molecule has 0 saturated carbocycles. The molecule has 1 aromatic heterocycles. The molecule has 8 heteroatoms. The normalized spacial score (nSPS) is 14.8. The summed E-state index contributed by atoms with van der Waals surface area (Å²) in [4.78, 5) is 40.8. The SMILES string of the molecule is O=C(Nc1ccccn1)C1CCN(C(=O)C=Cc2cccc([N+](=O)[O-])c2)CC1. The number of nitro groups is 1. The summed E-state index contributed by atoms with van der Waals surface area (Å²) in [7, 11) is 0. The lowest BCUT2D eigenvalue weighted by molar-refractivity contribution is -0.384. The Morgan fingerprint density at radius 1 is 1.18 bits per heavy atom. The smallest absolute Gasteiger partial charge is 0.270 e. The van der Waals surface area contributed by atoms with Crippen LogP contribution in [-0.4, -0.2) is 39.7 Å². The number of nitrogens with zero attached hydrogens (tertiary/aromatic N) is 3. The van der Waals surface area contributed by atoms with Gasteiger partial charge in [-0.15, -0.1) is 0 Å². The fourth-order valence-corrected chi connectivity index (χ4v) is 3.04. The van der Waals surface area contributed by atoms with Gasteiger partial charge in [0.15, 0.2) is 0 Å². The molecule has 1 aromatic carbocycles. The third kappa shape index (κ3) is 5.00. The van der Waals surface area contributed by atoms with Gasteiger partial charge in [0.05, 0.1) is 4.92 Å². The third-order valence-electron chi connectivity index (χ3n) is 4.59. The number of non-ortho nitro benzene ring substituents is 1. The first-order valence-electron chi connectivity index (χ1n) is 8.96. The lowest BCUT2D eigenvalue weighted by Gasteiger charge is -2.30. The van der Waals surface area contributed by atoms with Gasteiger partial charge in [-0.3, -0.25) is 19.7 Å². The molecule has 1 aliphatic heterocycles. The monoisotopic (exact) mass is 380 g/mol. The number of nitro benzene ring substituents is 1. The van der Waals surface area contributed by atoms with Gasteiger partial charge < -0.3 is 10.2 Å². The van der Waals surface area contributed by atoms with Gasteiger partial charge in [0.2, 0.25) is 11.8 Å². The van der Waals surface area contributed by atoms with Crippen LogP contribution in [0, 0.1) is 16.0 Å². The number of hydrogen-bond donors (Lipinski definition) is 1.